The average Bonchev–Trinajstić information content (AvgIpc) is 3.38. The second-order valence-corrected chi connectivity index (χ2v) is 10.3. The Morgan fingerprint density at radius 3 is 2.33 bits per heavy atom. The van der Waals surface area contributed by atoms with E-state index in [4.69, 9.17) is 0 Å². The van der Waals surface area contributed by atoms with Crippen LogP contribution in [0.25, 0.3) is 22.2 Å². The van der Waals surface area contributed by atoms with Crippen LogP contribution in [0.1, 0.15) is 43.1 Å². The summed E-state index contributed by atoms with van der Waals surface area (Å²) in [6.07, 6.45) is -9.36. The molecule has 0 radical (unpaired) electrons. The number of aliphatic hydroxyl groups excluding tert-OH is 1. The van der Waals surface area contributed by atoms with Gasteiger partial charge in [-0.2, -0.15) is 26.3 Å². The topological polar surface area (TPSA) is 68.3 Å². The van der Waals surface area contributed by atoms with Crippen LogP contribution in [0, 0.1) is 17.5 Å². The number of hydrogen-bond donors (Lipinski definition) is 2. The average molecular weight is 618 g/mol. The number of rotatable bonds is 5. The molecule has 0 aliphatic carbocycles. The lowest BCUT2D eigenvalue weighted by Gasteiger charge is -2.41. The standard InChI is InChI=1S/C28H24F9N5O/c1-3-21(43)14-8-18(28(35,36)37)25(38-11-14)41-6-7-42(13(2)12-41)26-39-20-10-15(27(32,33)34)9-17(24(20)40-26)16-4-5-19(29)23(31)22(16)30/h4-5,8-11,13,21,43H,3,6-7,12H2,1-2H3,(H,39,40)/t13-,21+/m1/s1. The van der Waals surface area contributed by atoms with Gasteiger partial charge in [0.25, 0.3) is 0 Å². The normalized spacial score (nSPS) is 17.2. The van der Waals surface area contributed by atoms with E-state index in [0.717, 1.165) is 18.2 Å². The summed E-state index contributed by atoms with van der Waals surface area (Å²) in [4.78, 5) is 14.2. The highest BCUT2D eigenvalue weighted by Crippen LogP contribution is 2.40. The molecule has 1 fully saturated rings. The van der Waals surface area contributed by atoms with E-state index in [-0.39, 0.29) is 54.4 Å². The van der Waals surface area contributed by atoms with E-state index < -0.39 is 64.2 Å². The van der Waals surface area contributed by atoms with Gasteiger partial charge in [0.05, 0.1) is 28.3 Å². The second-order valence-electron chi connectivity index (χ2n) is 10.3. The summed E-state index contributed by atoms with van der Waals surface area (Å²) in [5.74, 6) is -5.33. The van der Waals surface area contributed by atoms with E-state index >= 15 is 0 Å². The quantitative estimate of drug-likeness (QED) is 0.183. The molecule has 0 bridgehead atoms. The zero-order valence-electron chi connectivity index (χ0n) is 22.6. The number of hydrogen-bond acceptors (Lipinski definition) is 5. The van der Waals surface area contributed by atoms with Gasteiger partial charge in [-0.3, -0.25) is 0 Å². The molecule has 0 spiro atoms. The fraction of sp³-hybridized carbons (Fsp3) is 0.357. The maximum absolute atomic E-state index is 14.7. The number of H-pyrrole nitrogens is 1. The molecule has 2 atom stereocenters. The number of piperazine rings is 1. The van der Waals surface area contributed by atoms with Gasteiger partial charge in [0.1, 0.15) is 5.82 Å². The number of aromatic amines is 1. The van der Waals surface area contributed by atoms with Gasteiger partial charge in [-0.25, -0.2) is 23.1 Å². The molecule has 5 rings (SSSR count). The van der Waals surface area contributed by atoms with E-state index in [1.165, 1.54) is 11.1 Å². The Balaban J connectivity index is 1.51. The van der Waals surface area contributed by atoms with Gasteiger partial charge >= 0.3 is 12.4 Å². The summed E-state index contributed by atoms with van der Waals surface area (Å²) in [5.41, 5.74) is -3.54. The summed E-state index contributed by atoms with van der Waals surface area (Å²) in [6.45, 7) is 3.39. The van der Waals surface area contributed by atoms with Gasteiger partial charge in [-0.05, 0) is 49.2 Å². The molecule has 0 saturated carbocycles. The van der Waals surface area contributed by atoms with Crippen LogP contribution in [0.4, 0.5) is 51.3 Å². The molecule has 1 aliphatic heterocycles. The number of benzene rings is 2. The molecule has 2 aromatic heterocycles. The van der Waals surface area contributed by atoms with Crippen LogP contribution in [0.15, 0.2) is 36.5 Å². The summed E-state index contributed by atoms with van der Waals surface area (Å²) >= 11 is 0. The highest BCUT2D eigenvalue weighted by atomic mass is 19.4. The Labute approximate surface area is 238 Å². The number of aromatic nitrogens is 3. The lowest BCUT2D eigenvalue weighted by molar-refractivity contribution is -0.138. The van der Waals surface area contributed by atoms with E-state index in [9.17, 15) is 44.6 Å². The third kappa shape index (κ3) is 5.69. The number of nitrogens with one attached hydrogen (secondary N) is 1. The summed E-state index contributed by atoms with van der Waals surface area (Å²) < 4.78 is 125. The van der Waals surface area contributed by atoms with Crippen molar-refractivity contribution in [2.24, 2.45) is 0 Å². The molecule has 230 valence electrons. The van der Waals surface area contributed by atoms with Crippen molar-refractivity contribution in [3.63, 3.8) is 0 Å². The molecule has 15 heteroatoms. The number of pyridine rings is 1. The van der Waals surface area contributed by atoms with Crippen molar-refractivity contribution in [2.75, 3.05) is 29.4 Å². The van der Waals surface area contributed by atoms with Gasteiger partial charge in [-0.15, -0.1) is 0 Å². The molecule has 2 N–H and O–H groups in total. The number of nitrogens with zero attached hydrogens (tertiary/aromatic N) is 4. The van der Waals surface area contributed by atoms with Gasteiger partial charge in [0.15, 0.2) is 17.5 Å². The molecule has 43 heavy (non-hydrogen) atoms. The summed E-state index contributed by atoms with van der Waals surface area (Å²) in [7, 11) is 0. The van der Waals surface area contributed by atoms with Crippen LogP contribution in [0.5, 0.6) is 0 Å². The van der Waals surface area contributed by atoms with Crippen LogP contribution in [-0.4, -0.2) is 45.7 Å². The fourth-order valence-electron chi connectivity index (χ4n) is 5.16. The number of fused-ring (bicyclic) bond motifs is 1. The third-order valence-electron chi connectivity index (χ3n) is 7.39. The van der Waals surface area contributed by atoms with Gasteiger partial charge in [-0.1, -0.05) is 6.92 Å². The monoisotopic (exact) mass is 617 g/mol. The van der Waals surface area contributed by atoms with Crippen molar-refractivity contribution < 1.29 is 44.6 Å². The maximum Gasteiger partial charge on any atom is 0.419 e. The van der Waals surface area contributed by atoms with Crippen LogP contribution >= 0.6 is 0 Å². The smallest absolute Gasteiger partial charge is 0.388 e. The molecule has 1 aliphatic rings. The molecule has 0 unspecified atom stereocenters. The first-order valence-corrected chi connectivity index (χ1v) is 13.1. The highest BCUT2D eigenvalue weighted by Gasteiger charge is 2.39. The van der Waals surface area contributed by atoms with E-state index in [2.05, 4.69) is 15.0 Å². The predicted octanol–water partition coefficient (Wildman–Crippen LogP) is 7.24. The molecular formula is C28H24F9N5O. The molecular weight excluding hydrogens is 593 g/mol. The Kier molecular flexibility index (Phi) is 7.73. The molecule has 3 heterocycles. The van der Waals surface area contributed by atoms with E-state index in [0.29, 0.717) is 12.1 Å². The minimum Gasteiger partial charge on any atom is -0.388 e. The first-order chi connectivity index (χ1) is 20.1. The lowest BCUT2D eigenvalue weighted by atomic mass is 10.00. The Morgan fingerprint density at radius 1 is 0.977 bits per heavy atom. The number of alkyl halides is 6. The van der Waals surface area contributed by atoms with Gasteiger partial charge in [0.2, 0.25) is 5.95 Å². The largest absolute Gasteiger partial charge is 0.419 e. The number of imidazole rings is 1. The first-order valence-electron chi connectivity index (χ1n) is 13.1. The molecule has 0 amide bonds. The zero-order chi connectivity index (χ0) is 31.4. The van der Waals surface area contributed by atoms with Gasteiger partial charge in [0, 0.05) is 43.0 Å². The Hall–Kier alpha value is -4.01. The number of aliphatic hydroxyl groups is 1. The molecule has 4 aromatic rings. The second kappa shape index (κ2) is 10.9. The minimum atomic E-state index is -4.87. The van der Waals surface area contributed by atoms with E-state index in [1.54, 1.807) is 18.7 Å². The van der Waals surface area contributed by atoms with Crippen LogP contribution in [0.3, 0.4) is 0 Å². The SMILES string of the molecule is CC[C@H](O)c1cnc(N2CCN(c3nc4c(-c5ccc(F)c(F)c5F)cc(C(F)(F)F)cc4[nH]3)[C@H](C)C2)c(C(F)(F)F)c1. The van der Waals surface area contributed by atoms with Crippen molar-refractivity contribution in [1.82, 2.24) is 15.0 Å². The molecule has 1 saturated heterocycles. The van der Waals surface area contributed by atoms with Crippen molar-refractivity contribution in [1.29, 1.82) is 0 Å². The van der Waals surface area contributed by atoms with Crippen LogP contribution in [0.2, 0.25) is 0 Å². The molecule has 2 aromatic carbocycles. The number of anilines is 2. The van der Waals surface area contributed by atoms with Crippen molar-refractivity contribution in [2.45, 2.75) is 44.8 Å². The van der Waals surface area contributed by atoms with Crippen molar-refractivity contribution in [3.8, 4) is 11.1 Å². The van der Waals surface area contributed by atoms with Crippen molar-refractivity contribution in [3.05, 3.63) is 70.7 Å². The first kappa shape index (κ1) is 30.4. The third-order valence-corrected chi connectivity index (χ3v) is 7.39. The lowest BCUT2D eigenvalue weighted by Crippen LogP contribution is -2.53. The summed E-state index contributed by atoms with van der Waals surface area (Å²) in [6, 6.07) is 3.07. The Morgan fingerprint density at radius 2 is 1.70 bits per heavy atom. The summed E-state index contributed by atoms with van der Waals surface area (Å²) in [5, 5.41) is 10.0. The predicted molar refractivity (Wildman–Crippen MR) is 140 cm³/mol. The van der Waals surface area contributed by atoms with E-state index in [1.807, 2.05) is 0 Å². The zero-order valence-corrected chi connectivity index (χ0v) is 22.6. The molecule has 6 nitrogen and oxygen atoms in total. The Bertz CT molecular complexity index is 1670. The number of halogens is 9. The van der Waals surface area contributed by atoms with Crippen LogP contribution < -0.4 is 9.80 Å². The van der Waals surface area contributed by atoms with Gasteiger partial charge < -0.3 is 19.9 Å². The minimum absolute atomic E-state index is 0.0151. The van der Waals surface area contributed by atoms with Crippen LogP contribution in [-0.2, 0) is 12.4 Å². The van der Waals surface area contributed by atoms with Crippen molar-refractivity contribution >= 4 is 22.8 Å². The maximum atomic E-state index is 14.7. The highest BCUT2D eigenvalue weighted by molar-refractivity contribution is 5.94. The fourth-order valence-corrected chi connectivity index (χ4v) is 5.16.